The third kappa shape index (κ3) is 4.06. The second-order valence-corrected chi connectivity index (χ2v) is 5.43. The average molecular weight is 363 g/mol. The third-order valence-electron chi connectivity index (χ3n) is 2.83. The molecule has 0 bridgehead atoms. The minimum absolute atomic E-state index is 0.00312. The number of anilines is 1. The van der Waals surface area contributed by atoms with Crippen molar-refractivity contribution in [2.45, 2.75) is 13.0 Å². The van der Waals surface area contributed by atoms with Crippen molar-refractivity contribution in [3.63, 3.8) is 0 Å². The Kier molecular flexibility index (Phi) is 5.12. The van der Waals surface area contributed by atoms with Gasteiger partial charge < -0.3 is 10.1 Å². The fourth-order valence-corrected chi connectivity index (χ4v) is 2.06. The van der Waals surface area contributed by atoms with Crippen LogP contribution in [0.1, 0.15) is 12.5 Å². The molecule has 22 heavy (non-hydrogen) atoms. The molecule has 0 aliphatic carbocycles. The van der Waals surface area contributed by atoms with Gasteiger partial charge in [0.25, 0.3) is 5.91 Å². The molecule has 1 amide bonds. The van der Waals surface area contributed by atoms with Gasteiger partial charge in [-0.1, -0.05) is 22.0 Å². The molecule has 4 nitrogen and oxygen atoms in total. The van der Waals surface area contributed by atoms with Gasteiger partial charge in [-0.15, -0.1) is 0 Å². The second-order valence-electron chi connectivity index (χ2n) is 4.52. The number of carbonyl (C=O) groups excluding carboxylic acids is 1. The van der Waals surface area contributed by atoms with E-state index in [0.717, 1.165) is 0 Å². The van der Waals surface area contributed by atoms with Crippen molar-refractivity contribution in [3.8, 4) is 11.8 Å². The van der Waals surface area contributed by atoms with Crippen LogP contribution in [0.3, 0.4) is 0 Å². The van der Waals surface area contributed by atoms with Gasteiger partial charge in [0.1, 0.15) is 0 Å². The SMILES string of the molecule is CC(Oc1ccc(Br)cc1F)C(=O)Nc1cccc(C#N)c1. The van der Waals surface area contributed by atoms with Crippen LogP contribution in [-0.4, -0.2) is 12.0 Å². The van der Waals surface area contributed by atoms with E-state index in [0.29, 0.717) is 15.7 Å². The number of ether oxygens (including phenoxy) is 1. The standard InChI is InChI=1S/C16H12BrFN2O2/c1-10(22-15-6-5-12(17)8-14(15)18)16(21)20-13-4-2-3-11(7-13)9-19/h2-8,10H,1H3,(H,20,21). The highest BCUT2D eigenvalue weighted by atomic mass is 79.9. The van der Waals surface area contributed by atoms with Crippen LogP contribution in [0.5, 0.6) is 5.75 Å². The molecule has 0 saturated heterocycles. The number of hydrogen-bond donors (Lipinski definition) is 1. The largest absolute Gasteiger partial charge is 0.478 e. The van der Waals surface area contributed by atoms with Gasteiger partial charge in [-0.2, -0.15) is 5.26 Å². The molecule has 0 radical (unpaired) electrons. The summed E-state index contributed by atoms with van der Waals surface area (Å²) in [5, 5.41) is 11.4. The molecule has 2 aromatic rings. The van der Waals surface area contributed by atoms with Crippen molar-refractivity contribution in [1.82, 2.24) is 0 Å². The molecule has 0 fully saturated rings. The molecule has 1 atom stereocenters. The highest BCUT2D eigenvalue weighted by Gasteiger charge is 2.17. The summed E-state index contributed by atoms with van der Waals surface area (Å²) < 4.78 is 19.6. The number of rotatable bonds is 4. The first-order valence-electron chi connectivity index (χ1n) is 6.42. The van der Waals surface area contributed by atoms with Gasteiger partial charge in [0, 0.05) is 10.2 Å². The quantitative estimate of drug-likeness (QED) is 0.897. The first-order valence-corrected chi connectivity index (χ1v) is 7.21. The van der Waals surface area contributed by atoms with Crippen molar-refractivity contribution >= 4 is 27.5 Å². The summed E-state index contributed by atoms with van der Waals surface area (Å²) in [4.78, 5) is 12.0. The van der Waals surface area contributed by atoms with E-state index in [-0.39, 0.29) is 5.75 Å². The third-order valence-corrected chi connectivity index (χ3v) is 3.32. The number of amides is 1. The van der Waals surface area contributed by atoms with Crippen LogP contribution in [0.4, 0.5) is 10.1 Å². The normalized spacial score (nSPS) is 11.4. The van der Waals surface area contributed by atoms with E-state index in [2.05, 4.69) is 21.2 Å². The highest BCUT2D eigenvalue weighted by molar-refractivity contribution is 9.10. The van der Waals surface area contributed by atoms with Crippen LogP contribution < -0.4 is 10.1 Å². The summed E-state index contributed by atoms with van der Waals surface area (Å²) in [6, 6.07) is 12.8. The molecule has 2 aromatic carbocycles. The number of nitrogens with one attached hydrogen (secondary N) is 1. The minimum atomic E-state index is -0.888. The summed E-state index contributed by atoms with van der Waals surface area (Å²) in [6.45, 7) is 1.52. The van der Waals surface area contributed by atoms with Crippen molar-refractivity contribution in [2.75, 3.05) is 5.32 Å². The number of nitriles is 1. The lowest BCUT2D eigenvalue weighted by Crippen LogP contribution is -2.30. The van der Waals surface area contributed by atoms with Gasteiger partial charge in [0.15, 0.2) is 17.7 Å². The summed E-state index contributed by atoms with van der Waals surface area (Å²) in [6.07, 6.45) is -0.888. The van der Waals surface area contributed by atoms with Gasteiger partial charge in [-0.05, 0) is 43.3 Å². The highest BCUT2D eigenvalue weighted by Crippen LogP contribution is 2.22. The average Bonchev–Trinajstić information content (AvgIpc) is 2.50. The Bertz CT molecular complexity index is 743. The maximum Gasteiger partial charge on any atom is 0.265 e. The predicted molar refractivity (Wildman–Crippen MR) is 84.0 cm³/mol. The zero-order valence-corrected chi connectivity index (χ0v) is 13.2. The Morgan fingerprint density at radius 1 is 1.36 bits per heavy atom. The van der Waals surface area contributed by atoms with Gasteiger partial charge in [0.05, 0.1) is 11.6 Å². The van der Waals surface area contributed by atoms with Crippen molar-refractivity contribution in [1.29, 1.82) is 5.26 Å². The monoisotopic (exact) mass is 362 g/mol. The van der Waals surface area contributed by atoms with Crippen LogP contribution >= 0.6 is 15.9 Å². The molecule has 1 unspecified atom stereocenters. The van der Waals surface area contributed by atoms with Crippen molar-refractivity contribution in [3.05, 3.63) is 58.3 Å². The van der Waals surface area contributed by atoms with Gasteiger partial charge in [-0.25, -0.2) is 4.39 Å². The summed E-state index contributed by atoms with van der Waals surface area (Å²) in [5.41, 5.74) is 0.918. The molecular weight excluding hydrogens is 351 g/mol. The number of carbonyl (C=O) groups is 1. The minimum Gasteiger partial charge on any atom is -0.478 e. The van der Waals surface area contributed by atoms with E-state index >= 15 is 0 Å². The maximum absolute atomic E-state index is 13.7. The first kappa shape index (κ1) is 16.0. The molecule has 0 aliphatic rings. The smallest absolute Gasteiger partial charge is 0.265 e. The zero-order chi connectivity index (χ0) is 16.1. The molecule has 0 saturated carbocycles. The van der Waals surface area contributed by atoms with Crippen LogP contribution in [0, 0.1) is 17.1 Å². The molecule has 0 aromatic heterocycles. The van der Waals surface area contributed by atoms with Crippen LogP contribution in [0.15, 0.2) is 46.9 Å². The number of benzene rings is 2. The lowest BCUT2D eigenvalue weighted by molar-refractivity contribution is -0.122. The molecule has 0 heterocycles. The molecule has 0 spiro atoms. The Balaban J connectivity index is 2.04. The predicted octanol–water partition coefficient (Wildman–Crippen LogP) is 3.87. The van der Waals surface area contributed by atoms with E-state index in [1.165, 1.54) is 19.1 Å². The van der Waals surface area contributed by atoms with E-state index in [4.69, 9.17) is 10.00 Å². The van der Waals surface area contributed by atoms with E-state index in [9.17, 15) is 9.18 Å². The van der Waals surface area contributed by atoms with E-state index < -0.39 is 17.8 Å². The zero-order valence-electron chi connectivity index (χ0n) is 11.6. The molecule has 0 aliphatic heterocycles. The van der Waals surface area contributed by atoms with Gasteiger partial charge in [0.2, 0.25) is 0 Å². The van der Waals surface area contributed by atoms with Crippen molar-refractivity contribution < 1.29 is 13.9 Å². The first-order chi connectivity index (χ1) is 10.5. The van der Waals surface area contributed by atoms with Crippen molar-refractivity contribution in [2.24, 2.45) is 0 Å². The number of nitrogens with zero attached hydrogens (tertiary/aromatic N) is 1. The maximum atomic E-state index is 13.7. The Hall–Kier alpha value is -2.39. The second kappa shape index (κ2) is 7.05. The number of hydrogen-bond acceptors (Lipinski definition) is 3. The van der Waals surface area contributed by atoms with Crippen LogP contribution in [0.2, 0.25) is 0 Å². The van der Waals surface area contributed by atoms with Crippen LogP contribution in [0.25, 0.3) is 0 Å². The van der Waals surface area contributed by atoms with E-state index in [1.54, 1.807) is 30.3 Å². The lowest BCUT2D eigenvalue weighted by Gasteiger charge is -2.15. The fraction of sp³-hybridized carbons (Fsp3) is 0.125. The Labute approximate surface area is 135 Å². The molecular formula is C16H12BrFN2O2. The van der Waals surface area contributed by atoms with E-state index in [1.807, 2.05) is 6.07 Å². The summed E-state index contributed by atoms with van der Waals surface area (Å²) in [5.74, 6) is -0.991. The van der Waals surface area contributed by atoms with Crippen LogP contribution in [-0.2, 0) is 4.79 Å². The molecule has 2 rings (SSSR count). The fourth-order valence-electron chi connectivity index (χ4n) is 1.73. The molecule has 1 N–H and O–H groups in total. The summed E-state index contributed by atoms with van der Waals surface area (Å²) in [7, 11) is 0. The number of halogens is 2. The summed E-state index contributed by atoms with van der Waals surface area (Å²) >= 11 is 3.15. The lowest BCUT2D eigenvalue weighted by atomic mass is 10.2. The topological polar surface area (TPSA) is 62.1 Å². The Morgan fingerprint density at radius 2 is 2.14 bits per heavy atom. The van der Waals surface area contributed by atoms with Gasteiger partial charge in [-0.3, -0.25) is 4.79 Å². The molecule has 112 valence electrons. The molecule has 6 heteroatoms. The Morgan fingerprint density at radius 3 is 2.82 bits per heavy atom. The van der Waals surface area contributed by atoms with Gasteiger partial charge >= 0.3 is 0 Å².